The van der Waals surface area contributed by atoms with Crippen molar-refractivity contribution >= 4 is 157 Å². The number of H-pyrrole nitrogens is 2. The number of imide groups is 1. The van der Waals surface area contributed by atoms with Crippen molar-refractivity contribution in [3.8, 4) is 5.75 Å². The third-order valence-corrected chi connectivity index (χ3v) is 29.6. The maximum absolute atomic E-state index is 15.7. The summed E-state index contributed by atoms with van der Waals surface area (Å²) in [5.74, 6) is -21.1. The second-order valence-corrected chi connectivity index (χ2v) is 38.4. The second kappa shape index (κ2) is 43.0. The highest BCUT2D eigenvalue weighted by atomic mass is 32.2. The Kier molecular flexibility index (Phi) is 31.3. The first-order valence-corrected chi connectivity index (χ1v) is 47.7. The van der Waals surface area contributed by atoms with Crippen molar-refractivity contribution in [3.05, 3.63) is 153 Å². The molecule has 6 aliphatic heterocycles. The van der Waals surface area contributed by atoms with Crippen LogP contribution in [-0.4, -0.2) is 313 Å². The third-order valence-electron chi connectivity index (χ3n) is 28.3. The van der Waals surface area contributed by atoms with Gasteiger partial charge in [0.05, 0.1) is 80.2 Å². The number of esters is 1. The summed E-state index contributed by atoms with van der Waals surface area (Å²) in [5.41, 5.74) is 10.5. The number of amides is 9. The van der Waals surface area contributed by atoms with Crippen LogP contribution in [0.25, 0.3) is 22.1 Å². The van der Waals surface area contributed by atoms with Gasteiger partial charge in [0.1, 0.15) is 53.5 Å². The first-order valence-electron chi connectivity index (χ1n) is 46.7. The van der Waals surface area contributed by atoms with Crippen LogP contribution < -0.4 is 79.5 Å². The minimum Gasteiger partial charge on any atom is -0.496 e. The molecule has 2 bridgehead atoms. The van der Waals surface area contributed by atoms with Gasteiger partial charge in [0.15, 0.2) is 22.7 Å². The van der Waals surface area contributed by atoms with Gasteiger partial charge in [-0.15, -0.1) is 11.8 Å². The number of methoxy groups -OCH3 is 2. The number of hydrogen-bond donors (Lipinski definition) is 22. The number of aliphatic hydroxyl groups is 3. The van der Waals surface area contributed by atoms with Gasteiger partial charge < -0.3 is 114 Å². The first-order chi connectivity index (χ1) is 68.4. The van der Waals surface area contributed by atoms with Gasteiger partial charge in [0.25, 0.3) is 17.4 Å². The molecule has 766 valence electrons. The summed E-state index contributed by atoms with van der Waals surface area (Å²) in [4.78, 5) is 243. The minimum absolute atomic E-state index is 0.0193. The first kappa shape index (κ1) is 105. The van der Waals surface area contributed by atoms with E-state index < -0.39 is 238 Å². The molecule has 14 rings (SSSR count). The Morgan fingerprint density at radius 3 is 2.00 bits per heavy atom. The van der Waals surface area contributed by atoms with Gasteiger partial charge in [0.2, 0.25) is 47.3 Å². The predicted octanol–water partition coefficient (Wildman–Crippen LogP) is -0.767. The molecule has 9 heterocycles. The summed E-state index contributed by atoms with van der Waals surface area (Å²) in [5, 5.41) is 120. The third kappa shape index (κ3) is 21.1. The summed E-state index contributed by atoms with van der Waals surface area (Å²) in [6.45, 7) is 7.89. The lowest BCUT2D eigenvalue weighted by molar-refractivity contribution is -0.203. The molecular weight excluding hydrogens is 1900 g/mol. The molecule has 0 radical (unpaired) electrons. The van der Waals surface area contributed by atoms with Crippen LogP contribution >= 0.6 is 11.8 Å². The smallest absolute Gasteiger partial charge is 0.327 e. The maximum Gasteiger partial charge on any atom is 0.327 e. The van der Waals surface area contributed by atoms with E-state index in [4.69, 9.17) is 26.4 Å². The van der Waals surface area contributed by atoms with Crippen LogP contribution in [-0.2, 0) is 95.7 Å². The summed E-state index contributed by atoms with van der Waals surface area (Å²) < 4.78 is 12.5. The Balaban J connectivity index is 0.614. The van der Waals surface area contributed by atoms with Crippen LogP contribution in [0.2, 0.25) is 0 Å². The van der Waals surface area contributed by atoms with Crippen LogP contribution in [0.4, 0.5) is 23.0 Å². The Bertz CT molecular complexity index is 6400. The number of aliphatic carboxylic acids is 5. The van der Waals surface area contributed by atoms with Gasteiger partial charge in [-0.3, -0.25) is 87.3 Å². The van der Waals surface area contributed by atoms with Crippen molar-refractivity contribution in [3.63, 3.8) is 0 Å². The van der Waals surface area contributed by atoms with Gasteiger partial charge in [-0.1, -0.05) is 56.3 Å². The number of benzene rings is 4. The monoisotopic (exact) mass is 2010 g/mol. The molecule has 49 heteroatoms. The topological polar surface area (TPSA) is 733 Å². The van der Waals surface area contributed by atoms with E-state index in [9.17, 15) is 108 Å². The number of nitrogens with one attached hydrogen (secondary N) is 12. The van der Waals surface area contributed by atoms with E-state index >= 15 is 9.59 Å². The fourth-order valence-corrected chi connectivity index (χ4v) is 22.8. The zero-order valence-electron chi connectivity index (χ0n) is 79.3. The number of guanidine groups is 1. The highest BCUT2D eigenvalue weighted by Gasteiger charge is 2.79. The number of hydrazone groups is 1. The highest BCUT2D eigenvalue weighted by molar-refractivity contribution is 8.00. The van der Waals surface area contributed by atoms with E-state index in [0.717, 1.165) is 21.4 Å². The molecule has 24 N–H and O–H groups in total. The normalized spacial score (nSPS) is 24.2. The number of aromatic nitrogens is 5. The van der Waals surface area contributed by atoms with E-state index in [2.05, 4.69) is 82.5 Å². The number of nitrogen functional groups attached to an aromatic ring is 1. The molecule has 4 aromatic carbocycles. The summed E-state index contributed by atoms with van der Waals surface area (Å²) in [7, 11) is 4.63. The minimum atomic E-state index is -2.66. The van der Waals surface area contributed by atoms with E-state index in [-0.39, 0.29) is 72.3 Å². The Hall–Kier alpha value is -15.1. The number of rotatable bonds is 41. The van der Waals surface area contributed by atoms with Crippen molar-refractivity contribution < 1.29 is 122 Å². The van der Waals surface area contributed by atoms with Gasteiger partial charge in [-0.05, 0) is 142 Å². The largest absolute Gasteiger partial charge is 0.496 e. The number of likely N-dealkylation sites (N-methyl/N-ethyl adjacent to an activating group) is 1. The van der Waals surface area contributed by atoms with Gasteiger partial charge >= 0.3 is 35.8 Å². The molecule has 7 aliphatic rings. The SMILES string of the molecule is CC[C@]1(O)C[C@@H]2CN(CCc3c([nH]c4ccccc34)[C@@](C(=O)OC)(c3cc4c(cc3OC)N(C)[C@H]3[C@@](O)(C(=O)N/N=C(\C)c5ccc(N6C(=O)CC(SC[C@H](NC(=O)[C@H](CC(=O)O)NC(=O)[C@H](CC(=O)O)NC(=O)[C@H](CCCNC(=N)N)NC(=O)[C@H](CC(=O)O)NC(=O)CC[C@H](NC(=O)c7ccc(NCc8cnc9nc(N)[nH]c(=O)c9n8)cc7)C(=O)O)C(=O)O)C6=O)cc5)[C@H](O)[C@]5(CC)C=CCN6CC[C@]43[C@@H]65)C2)C1. The van der Waals surface area contributed by atoms with Crippen LogP contribution in [0.5, 0.6) is 5.75 Å². The average molecular weight is 2010 g/mol. The number of hydrogen-bond acceptors (Lipinski definition) is 32. The molecule has 9 amide bonds. The molecule has 1 spiro atoms. The summed E-state index contributed by atoms with van der Waals surface area (Å²) in [6, 6.07) is 9.09. The average Bonchev–Trinajstić information content (AvgIpc) is 1.47. The number of para-hydroxylation sites is 1. The molecule has 3 aromatic heterocycles. The molecule has 17 atom stereocenters. The van der Waals surface area contributed by atoms with Crippen molar-refractivity contribution in [2.45, 2.75) is 199 Å². The number of fused-ring (bicyclic) bond motifs is 7. The van der Waals surface area contributed by atoms with Crippen molar-refractivity contribution in [2.75, 3.05) is 87.1 Å². The van der Waals surface area contributed by atoms with Crippen molar-refractivity contribution in [1.29, 1.82) is 5.41 Å². The predicted molar refractivity (Wildman–Crippen MR) is 516 cm³/mol. The molecule has 144 heavy (non-hydrogen) atoms. The summed E-state index contributed by atoms with van der Waals surface area (Å²) >= 11 is 0.608. The number of nitrogens with two attached hydrogens (primary N) is 2. The van der Waals surface area contributed by atoms with Crippen molar-refractivity contribution in [1.82, 2.24) is 77.4 Å². The fraction of sp³-hybridized carbons (Fsp3) is 0.463. The number of carbonyl (C=O) groups excluding carboxylic acids is 10. The van der Waals surface area contributed by atoms with Gasteiger partial charge in [-0.2, -0.15) is 10.1 Å². The molecule has 2 unspecified atom stereocenters. The molecule has 48 nitrogen and oxygen atoms in total. The second-order valence-electron chi connectivity index (χ2n) is 37.2. The molecule has 4 fully saturated rings. The molecule has 7 aromatic rings. The number of carboxylic acids is 5. The maximum atomic E-state index is 15.7. The van der Waals surface area contributed by atoms with E-state index in [1.54, 1.807) is 14.0 Å². The lowest BCUT2D eigenvalue weighted by Gasteiger charge is -2.63. The Morgan fingerprint density at radius 2 is 1.37 bits per heavy atom. The number of carbonyl (C=O) groups is 15. The number of thioether (sulfide) groups is 1. The molecule has 1 aliphatic carbocycles. The van der Waals surface area contributed by atoms with E-state index in [1.807, 2.05) is 72.6 Å². The Labute approximate surface area is 825 Å². The van der Waals surface area contributed by atoms with Crippen LogP contribution in [0.1, 0.15) is 148 Å². The van der Waals surface area contributed by atoms with Gasteiger partial charge in [-0.25, -0.2) is 29.9 Å². The number of carboxylic acid groups (broad SMARTS) is 5. The van der Waals surface area contributed by atoms with E-state index in [0.29, 0.717) is 115 Å². The molecular formula is C95H114N22O26S. The Morgan fingerprint density at radius 1 is 0.729 bits per heavy atom. The van der Waals surface area contributed by atoms with Crippen LogP contribution in [0.15, 0.2) is 113 Å². The lowest BCUT2D eigenvalue weighted by atomic mass is 9.47. The van der Waals surface area contributed by atoms with Crippen LogP contribution in [0.3, 0.4) is 0 Å². The number of piperidine rings is 1. The molecule has 1 saturated carbocycles. The van der Waals surface area contributed by atoms with Crippen molar-refractivity contribution in [2.24, 2.45) is 22.2 Å². The number of aliphatic hydroxyl groups excluding tert-OH is 1. The lowest BCUT2D eigenvalue weighted by Crippen LogP contribution is -2.81. The quantitative estimate of drug-likeness (QED) is 0.00426. The summed E-state index contributed by atoms with van der Waals surface area (Å²) in [6.07, 6.45) is -0.748. The van der Waals surface area contributed by atoms with E-state index in [1.165, 1.54) is 68.9 Å². The fourth-order valence-electron chi connectivity index (χ4n) is 21.6. The van der Waals surface area contributed by atoms with Crippen LogP contribution in [0, 0.1) is 16.7 Å². The van der Waals surface area contributed by atoms with Gasteiger partial charge in [0, 0.05) is 120 Å². The zero-order chi connectivity index (χ0) is 104. The number of ether oxygens (including phenoxy) is 2. The zero-order valence-corrected chi connectivity index (χ0v) is 80.1. The number of nitrogens with zero attached hydrogens (tertiary/aromatic N) is 8. The molecule has 3 saturated heterocycles. The highest BCUT2D eigenvalue weighted by Crippen LogP contribution is 2.68. The number of anilines is 4. The standard InChI is InChI=1S/C95H114N22O26S/c1-7-91(140)39-47-40-94(88(139)143-6,73-54(26-31-115(43-47)45-91)53-13-9-10-14-57(53)104-73)56-33-55-64(37-65(56)142-5)114(4)85-93(55)28-32-116-30-12-27-92(8-2,84(93)116)86(137)95(85,141)87(138)113-112-46(3)48-18-22-52(23-19-48)117-68(119)38-66(81(117)132)144-44-63(83(135)136)109-79(130)62(36-71(124)125)108-78(129)61(35-70(122)123)107-76(127)58(15-11-29-99-89(96)97)105-77(128)60(34-69(120)121)103-67(118)25-24-59(82(133)134)106-75(126)49-16-20-50(21-17-49)100-41-51-42-101-74-72(102-51)80(131)111-90(98)110-74/h9-10,12-14,16-23,27,33,37,42,47,58-63,66,84-86,100,104,137,140-141H,7-8,11,15,24-26,28-32,34-36,38-41,43-45H2,1-6H3,(H,103,118)(H,105,128)(H,106,126)(H,107,127)(H,108,129)(H,109,130)(H,113,138)(H,120,121)(H,122,123)(H,124,125)(H,133,134)(H,135,136)(H4,96,97,99)(H3,98,101,110,111,131)/b112-46+/t47-,58-,59-,60-,61-,62-,63-,66?,84-,85+,86+,91-,92+,93+,94-,95-/m0/s1. The number of aromatic amines is 2.